The standard InChI is InChI=1S/C13H21N2OP/c1-3-14(4-2)17-15(10-11-16-17)12-13-8-6-5-7-9-13/h5-9H,3-4,10-12H2,1-2H3. The van der Waals surface area contributed by atoms with Crippen LogP contribution in [0.5, 0.6) is 0 Å². The van der Waals surface area contributed by atoms with E-state index in [-0.39, 0.29) is 0 Å². The largest absolute Gasteiger partial charge is 0.330 e. The molecule has 0 bridgehead atoms. The van der Waals surface area contributed by atoms with Gasteiger partial charge in [0, 0.05) is 26.2 Å². The summed E-state index contributed by atoms with van der Waals surface area (Å²) in [5.74, 6) is 0. The van der Waals surface area contributed by atoms with Crippen LogP contribution in [0.1, 0.15) is 19.4 Å². The van der Waals surface area contributed by atoms with E-state index in [0.29, 0.717) is 0 Å². The molecule has 17 heavy (non-hydrogen) atoms. The summed E-state index contributed by atoms with van der Waals surface area (Å²) >= 11 is 0. The summed E-state index contributed by atoms with van der Waals surface area (Å²) in [4.78, 5) is 0. The molecule has 0 N–H and O–H groups in total. The third-order valence-electron chi connectivity index (χ3n) is 2.98. The van der Waals surface area contributed by atoms with Crippen LogP contribution in [0, 0.1) is 0 Å². The van der Waals surface area contributed by atoms with E-state index < -0.39 is 8.45 Å². The molecule has 1 saturated heterocycles. The molecule has 4 heteroatoms. The Hall–Kier alpha value is -0.470. The SMILES string of the molecule is CCN(CC)P1OCCN1Cc1ccccc1. The fraction of sp³-hybridized carbons (Fsp3) is 0.538. The van der Waals surface area contributed by atoms with Crippen LogP contribution in [0.15, 0.2) is 30.3 Å². The van der Waals surface area contributed by atoms with Crippen molar-refractivity contribution < 1.29 is 4.52 Å². The van der Waals surface area contributed by atoms with Crippen molar-refractivity contribution in [3.05, 3.63) is 35.9 Å². The lowest BCUT2D eigenvalue weighted by Gasteiger charge is -2.30. The molecule has 1 atom stereocenters. The quantitative estimate of drug-likeness (QED) is 0.749. The first-order valence-corrected chi connectivity index (χ1v) is 7.48. The fourth-order valence-electron chi connectivity index (χ4n) is 2.05. The van der Waals surface area contributed by atoms with E-state index in [2.05, 4.69) is 53.5 Å². The normalized spacial score (nSPS) is 21.2. The van der Waals surface area contributed by atoms with Crippen LogP contribution in [0.25, 0.3) is 0 Å². The van der Waals surface area contributed by atoms with Crippen molar-refractivity contribution in [2.45, 2.75) is 20.4 Å². The Kier molecular flexibility index (Phi) is 4.93. The van der Waals surface area contributed by atoms with Gasteiger partial charge >= 0.3 is 0 Å². The smallest absolute Gasteiger partial charge is 0.188 e. The number of nitrogens with zero attached hydrogens (tertiary/aromatic N) is 2. The molecule has 0 amide bonds. The molecular weight excluding hydrogens is 231 g/mol. The molecule has 1 heterocycles. The van der Waals surface area contributed by atoms with Crippen LogP contribution < -0.4 is 0 Å². The van der Waals surface area contributed by atoms with Crippen molar-refractivity contribution in [1.82, 2.24) is 9.34 Å². The first-order chi connectivity index (χ1) is 8.35. The van der Waals surface area contributed by atoms with Gasteiger partial charge in [0.25, 0.3) is 0 Å². The molecule has 1 aromatic rings. The Labute approximate surface area is 105 Å². The molecule has 2 rings (SSSR count). The van der Waals surface area contributed by atoms with Crippen molar-refractivity contribution in [3.63, 3.8) is 0 Å². The zero-order valence-corrected chi connectivity index (χ0v) is 11.6. The minimum Gasteiger partial charge on any atom is -0.330 e. The second-order valence-electron chi connectivity index (χ2n) is 4.10. The summed E-state index contributed by atoms with van der Waals surface area (Å²) in [6.45, 7) is 9.46. The molecule has 0 radical (unpaired) electrons. The highest BCUT2D eigenvalue weighted by Gasteiger charge is 2.30. The van der Waals surface area contributed by atoms with Crippen molar-refractivity contribution in [3.8, 4) is 0 Å². The highest BCUT2D eigenvalue weighted by atomic mass is 31.2. The molecular formula is C13H21N2OP. The first-order valence-electron chi connectivity index (χ1n) is 6.31. The summed E-state index contributed by atoms with van der Waals surface area (Å²) in [5, 5.41) is 0. The monoisotopic (exact) mass is 252 g/mol. The summed E-state index contributed by atoms with van der Waals surface area (Å²) in [6, 6.07) is 10.6. The molecule has 0 aromatic heterocycles. The average molecular weight is 252 g/mol. The molecule has 1 aliphatic rings. The maximum atomic E-state index is 5.90. The summed E-state index contributed by atoms with van der Waals surface area (Å²) in [6.07, 6.45) is 0. The van der Waals surface area contributed by atoms with Gasteiger partial charge in [0.2, 0.25) is 0 Å². The number of hydrogen-bond donors (Lipinski definition) is 0. The molecule has 0 saturated carbocycles. The molecule has 1 fully saturated rings. The number of hydrogen-bond acceptors (Lipinski definition) is 3. The Morgan fingerprint density at radius 3 is 2.59 bits per heavy atom. The van der Waals surface area contributed by atoms with Crippen molar-refractivity contribution >= 4 is 8.45 Å². The third-order valence-corrected chi connectivity index (χ3v) is 5.27. The fourth-order valence-corrected chi connectivity index (χ4v) is 4.01. The predicted molar refractivity (Wildman–Crippen MR) is 72.6 cm³/mol. The molecule has 1 unspecified atom stereocenters. The number of rotatable bonds is 5. The molecule has 3 nitrogen and oxygen atoms in total. The van der Waals surface area contributed by atoms with Crippen LogP contribution in [0.3, 0.4) is 0 Å². The lowest BCUT2D eigenvalue weighted by Crippen LogP contribution is -2.25. The minimum atomic E-state index is -0.529. The van der Waals surface area contributed by atoms with E-state index >= 15 is 0 Å². The van der Waals surface area contributed by atoms with Crippen molar-refractivity contribution in [2.75, 3.05) is 26.2 Å². The summed E-state index contributed by atoms with van der Waals surface area (Å²) in [5.41, 5.74) is 1.37. The zero-order valence-electron chi connectivity index (χ0n) is 10.7. The summed E-state index contributed by atoms with van der Waals surface area (Å²) in [7, 11) is -0.529. The van der Waals surface area contributed by atoms with Gasteiger partial charge < -0.3 is 4.52 Å². The van der Waals surface area contributed by atoms with Gasteiger partial charge in [0.1, 0.15) is 0 Å². The summed E-state index contributed by atoms with van der Waals surface area (Å²) < 4.78 is 10.8. The second-order valence-corrected chi connectivity index (χ2v) is 5.99. The van der Waals surface area contributed by atoms with E-state index in [1.54, 1.807) is 0 Å². The van der Waals surface area contributed by atoms with Gasteiger partial charge in [0.05, 0.1) is 6.61 Å². The molecule has 94 valence electrons. The Morgan fingerprint density at radius 1 is 1.24 bits per heavy atom. The van der Waals surface area contributed by atoms with Gasteiger partial charge in [-0.25, -0.2) is 9.34 Å². The Morgan fingerprint density at radius 2 is 1.94 bits per heavy atom. The molecule has 1 aliphatic heterocycles. The third kappa shape index (κ3) is 3.26. The van der Waals surface area contributed by atoms with Crippen LogP contribution in [-0.4, -0.2) is 35.6 Å². The molecule has 0 spiro atoms. The highest BCUT2D eigenvalue weighted by molar-refractivity contribution is 7.47. The van der Waals surface area contributed by atoms with Crippen molar-refractivity contribution in [2.24, 2.45) is 0 Å². The van der Waals surface area contributed by atoms with Crippen LogP contribution in [0.4, 0.5) is 0 Å². The lowest BCUT2D eigenvalue weighted by atomic mass is 10.2. The van der Waals surface area contributed by atoms with Crippen LogP contribution in [-0.2, 0) is 11.1 Å². The highest BCUT2D eigenvalue weighted by Crippen LogP contribution is 2.49. The van der Waals surface area contributed by atoms with Crippen molar-refractivity contribution in [1.29, 1.82) is 0 Å². The van der Waals surface area contributed by atoms with Gasteiger partial charge in [-0.1, -0.05) is 44.2 Å². The number of benzene rings is 1. The van der Waals surface area contributed by atoms with Gasteiger partial charge in [-0.05, 0) is 5.56 Å². The zero-order chi connectivity index (χ0) is 12.1. The van der Waals surface area contributed by atoms with Gasteiger partial charge in [-0.2, -0.15) is 0 Å². The van der Waals surface area contributed by atoms with E-state index in [0.717, 1.165) is 32.8 Å². The van der Waals surface area contributed by atoms with Crippen LogP contribution in [0.2, 0.25) is 0 Å². The van der Waals surface area contributed by atoms with E-state index in [4.69, 9.17) is 4.52 Å². The van der Waals surface area contributed by atoms with Gasteiger partial charge in [-0.3, -0.25) is 0 Å². The lowest BCUT2D eigenvalue weighted by molar-refractivity contribution is 0.352. The topological polar surface area (TPSA) is 15.7 Å². The van der Waals surface area contributed by atoms with Crippen LogP contribution >= 0.6 is 8.45 Å². The second kappa shape index (κ2) is 6.46. The molecule has 0 aliphatic carbocycles. The minimum absolute atomic E-state index is 0.529. The Bertz CT molecular complexity index is 329. The first kappa shape index (κ1) is 13.0. The molecule has 1 aromatic carbocycles. The van der Waals surface area contributed by atoms with E-state index in [9.17, 15) is 0 Å². The Balaban J connectivity index is 2.00. The van der Waals surface area contributed by atoms with E-state index in [1.165, 1.54) is 5.56 Å². The average Bonchev–Trinajstić information content (AvgIpc) is 2.81. The maximum Gasteiger partial charge on any atom is 0.188 e. The van der Waals surface area contributed by atoms with Gasteiger partial charge in [0.15, 0.2) is 8.45 Å². The maximum absolute atomic E-state index is 5.90. The predicted octanol–water partition coefficient (Wildman–Crippen LogP) is 3.09. The van der Waals surface area contributed by atoms with Gasteiger partial charge in [-0.15, -0.1) is 0 Å². The van der Waals surface area contributed by atoms with E-state index in [1.807, 2.05) is 0 Å².